The van der Waals surface area contributed by atoms with E-state index in [0.717, 1.165) is 102 Å². The van der Waals surface area contributed by atoms with Crippen LogP contribution < -0.4 is 0 Å². The van der Waals surface area contributed by atoms with Gasteiger partial charge < -0.3 is 33.8 Å². The van der Waals surface area contributed by atoms with E-state index in [1.807, 2.05) is 0 Å². The second-order valence-electron chi connectivity index (χ2n) is 30.5. The fraction of sp³-hybridized carbons (Fsp3) is 0.951. The maximum absolute atomic E-state index is 13.1. The van der Waals surface area contributed by atoms with Crippen molar-refractivity contribution in [3.8, 4) is 0 Å². The predicted octanol–water partition coefficient (Wildman–Crippen LogP) is 24.7. The third-order valence-electron chi connectivity index (χ3n) is 19.2. The Labute approximate surface area is 619 Å². The van der Waals surface area contributed by atoms with Crippen LogP contribution in [0, 0.1) is 11.8 Å². The molecular formula is C82H160O17P2. The van der Waals surface area contributed by atoms with Crippen molar-refractivity contribution in [1.82, 2.24) is 0 Å². The maximum atomic E-state index is 13.1. The lowest BCUT2D eigenvalue weighted by molar-refractivity contribution is -0.161. The molecule has 0 spiro atoms. The summed E-state index contributed by atoms with van der Waals surface area (Å²) < 4.78 is 68.7. The summed E-state index contributed by atoms with van der Waals surface area (Å²) in [5, 5.41) is 10.6. The number of ether oxygens (including phenoxy) is 4. The minimum Gasteiger partial charge on any atom is -0.462 e. The van der Waals surface area contributed by atoms with Gasteiger partial charge in [0, 0.05) is 25.7 Å². The van der Waals surface area contributed by atoms with Crippen LogP contribution in [-0.4, -0.2) is 96.7 Å². The number of unbranched alkanes of at least 4 members (excludes halogenated alkanes) is 51. The Morgan fingerprint density at radius 2 is 0.455 bits per heavy atom. The molecule has 0 saturated heterocycles. The van der Waals surface area contributed by atoms with Crippen LogP contribution >= 0.6 is 15.6 Å². The first-order valence-corrected chi connectivity index (χ1v) is 45.5. The van der Waals surface area contributed by atoms with Gasteiger partial charge >= 0.3 is 39.5 Å². The third-order valence-corrected chi connectivity index (χ3v) is 21.1. The Morgan fingerprint density at radius 1 is 0.267 bits per heavy atom. The van der Waals surface area contributed by atoms with Gasteiger partial charge in [0.05, 0.1) is 26.4 Å². The predicted molar refractivity (Wildman–Crippen MR) is 414 cm³/mol. The summed E-state index contributed by atoms with van der Waals surface area (Å²) in [6, 6.07) is 0. The van der Waals surface area contributed by atoms with Gasteiger partial charge in [0.1, 0.15) is 19.3 Å². The van der Waals surface area contributed by atoms with Crippen LogP contribution in [0.3, 0.4) is 0 Å². The molecule has 0 amide bonds. The molecule has 5 atom stereocenters. The van der Waals surface area contributed by atoms with Gasteiger partial charge in [-0.15, -0.1) is 0 Å². The van der Waals surface area contributed by atoms with E-state index >= 15 is 0 Å². The standard InChI is InChI=1S/C82H160O17P2/c1-7-9-11-13-15-17-19-21-22-23-24-25-26-27-28-29-33-38-42-48-55-61-67-82(87)98-77(70-92-79(84)64-58-52-46-40-36-34-30-32-35-39-44-50-56-62-74(3)4)72-96-100(88,89)94-68-76(83)69-95-101(90,91)97-73-78(71-93-80(85)65-59-53-49-43-45-51-57-63-75(5)6)99-81(86)66-60-54-47-41-37-31-20-18-16-14-12-10-8-2/h74-78,83H,7-73H2,1-6H3,(H,88,89)(H,90,91)/t76-,77-,78-/m1/s1. The molecule has 0 aliphatic carbocycles. The number of esters is 4. The van der Waals surface area contributed by atoms with Gasteiger partial charge in [-0.2, -0.15) is 0 Å². The van der Waals surface area contributed by atoms with Gasteiger partial charge in [-0.05, 0) is 37.5 Å². The first-order chi connectivity index (χ1) is 48.9. The highest BCUT2D eigenvalue weighted by atomic mass is 31.2. The molecule has 0 heterocycles. The van der Waals surface area contributed by atoms with Gasteiger partial charge in [-0.25, -0.2) is 9.13 Å². The molecule has 0 aromatic rings. The molecule has 0 rings (SSSR count). The first kappa shape index (κ1) is 99.1. The van der Waals surface area contributed by atoms with E-state index in [-0.39, 0.29) is 25.7 Å². The maximum Gasteiger partial charge on any atom is 0.472 e. The Morgan fingerprint density at radius 3 is 0.673 bits per heavy atom. The largest absolute Gasteiger partial charge is 0.472 e. The zero-order chi connectivity index (χ0) is 74.2. The molecule has 101 heavy (non-hydrogen) atoms. The van der Waals surface area contributed by atoms with Crippen LogP contribution in [0.4, 0.5) is 0 Å². The average Bonchev–Trinajstić information content (AvgIpc) is 0.982. The molecule has 17 nitrogen and oxygen atoms in total. The highest BCUT2D eigenvalue weighted by Gasteiger charge is 2.30. The highest BCUT2D eigenvalue weighted by Crippen LogP contribution is 2.45. The van der Waals surface area contributed by atoms with E-state index in [0.29, 0.717) is 31.6 Å². The molecule has 0 aliphatic rings. The van der Waals surface area contributed by atoms with E-state index in [1.165, 1.54) is 244 Å². The zero-order valence-corrected chi connectivity index (χ0v) is 68.0. The van der Waals surface area contributed by atoms with Crippen molar-refractivity contribution in [2.75, 3.05) is 39.6 Å². The van der Waals surface area contributed by atoms with Crippen LogP contribution in [0.15, 0.2) is 0 Å². The molecular weight excluding hydrogens is 1320 g/mol. The number of carbonyl (C=O) groups excluding carboxylic acids is 4. The molecule has 0 fully saturated rings. The van der Waals surface area contributed by atoms with E-state index in [2.05, 4.69) is 41.5 Å². The Bertz CT molecular complexity index is 1940. The molecule has 3 N–H and O–H groups in total. The lowest BCUT2D eigenvalue weighted by Gasteiger charge is -2.21. The number of hydrogen-bond acceptors (Lipinski definition) is 15. The quantitative estimate of drug-likeness (QED) is 0.0222. The lowest BCUT2D eigenvalue weighted by Crippen LogP contribution is -2.30. The van der Waals surface area contributed by atoms with Crippen LogP contribution in [0.25, 0.3) is 0 Å². The second-order valence-corrected chi connectivity index (χ2v) is 33.4. The van der Waals surface area contributed by atoms with E-state index in [9.17, 15) is 43.2 Å². The molecule has 0 bridgehead atoms. The van der Waals surface area contributed by atoms with Crippen molar-refractivity contribution in [3.63, 3.8) is 0 Å². The minimum atomic E-state index is -4.96. The molecule has 0 aromatic carbocycles. The monoisotopic (exact) mass is 1480 g/mol. The van der Waals surface area contributed by atoms with Gasteiger partial charge in [0.25, 0.3) is 0 Å². The summed E-state index contributed by atoms with van der Waals surface area (Å²) in [6.45, 7) is 9.60. The Kier molecular flexibility index (Phi) is 72.2. The van der Waals surface area contributed by atoms with Crippen LogP contribution in [0.1, 0.15) is 433 Å². The van der Waals surface area contributed by atoms with E-state index < -0.39 is 97.5 Å². The summed E-state index contributed by atoms with van der Waals surface area (Å²) in [7, 11) is -9.92. The van der Waals surface area contributed by atoms with E-state index in [4.69, 9.17) is 37.0 Å². The summed E-state index contributed by atoms with van der Waals surface area (Å²) in [4.78, 5) is 73.0. The number of phosphoric acid groups is 2. The molecule has 0 saturated carbocycles. The lowest BCUT2D eigenvalue weighted by atomic mass is 10.0. The fourth-order valence-corrected chi connectivity index (χ4v) is 14.3. The smallest absolute Gasteiger partial charge is 0.462 e. The molecule has 2 unspecified atom stereocenters. The van der Waals surface area contributed by atoms with E-state index in [1.54, 1.807) is 0 Å². The number of hydrogen-bond donors (Lipinski definition) is 3. The van der Waals surface area contributed by atoms with Crippen molar-refractivity contribution in [2.45, 2.75) is 452 Å². The minimum absolute atomic E-state index is 0.107. The molecule has 0 radical (unpaired) electrons. The summed E-state index contributed by atoms with van der Waals surface area (Å²) in [5.74, 6) is -0.613. The van der Waals surface area contributed by atoms with Crippen molar-refractivity contribution < 1.29 is 80.2 Å². The first-order valence-electron chi connectivity index (χ1n) is 42.5. The van der Waals surface area contributed by atoms with Gasteiger partial charge in [0.15, 0.2) is 12.2 Å². The second kappa shape index (κ2) is 73.6. The Balaban J connectivity index is 5.21. The van der Waals surface area contributed by atoms with Crippen molar-refractivity contribution in [2.24, 2.45) is 11.8 Å². The zero-order valence-electron chi connectivity index (χ0n) is 66.2. The number of carbonyl (C=O) groups is 4. The number of aliphatic hydroxyl groups is 1. The van der Waals surface area contributed by atoms with Gasteiger partial charge in [0.2, 0.25) is 0 Å². The highest BCUT2D eigenvalue weighted by molar-refractivity contribution is 7.47. The molecule has 0 aromatic heterocycles. The summed E-state index contributed by atoms with van der Waals surface area (Å²) in [6.07, 6.45) is 64.0. The number of rotatable bonds is 81. The SMILES string of the molecule is CCCCCCCCCCCCCCCCCCCCCCCCC(=O)O[C@H](COC(=O)CCCCCCCCCCCCCCCC(C)C)COP(=O)(O)OC[C@@H](O)COP(=O)(O)OC[C@@H](COC(=O)CCCCCCCCCC(C)C)OC(=O)CCCCCCCCCCCCCCC. The van der Waals surface area contributed by atoms with Gasteiger partial charge in [-0.3, -0.25) is 37.3 Å². The molecule has 19 heteroatoms. The van der Waals surface area contributed by atoms with Crippen LogP contribution in [0.2, 0.25) is 0 Å². The molecule has 600 valence electrons. The summed E-state index contributed by atoms with van der Waals surface area (Å²) in [5.41, 5.74) is 0. The van der Waals surface area contributed by atoms with Crippen molar-refractivity contribution in [3.05, 3.63) is 0 Å². The van der Waals surface area contributed by atoms with Crippen molar-refractivity contribution in [1.29, 1.82) is 0 Å². The van der Waals surface area contributed by atoms with Gasteiger partial charge in [-0.1, -0.05) is 382 Å². The van der Waals surface area contributed by atoms with Crippen LogP contribution in [-0.2, 0) is 65.4 Å². The third kappa shape index (κ3) is 76.1. The fourth-order valence-electron chi connectivity index (χ4n) is 12.7. The average molecular weight is 1480 g/mol. The summed E-state index contributed by atoms with van der Waals surface area (Å²) >= 11 is 0. The topological polar surface area (TPSA) is 237 Å². The normalized spacial score (nSPS) is 13.9. The molecule has 0 aliphatic heterocycles. The van der Waals surface area contributed by atoms with Crippen molar-refractivity contribution >= 4 is 39.5 Å². The number of phosphoric ester groups is 2. The Hall–Kier alpha value is -1.94. The number of aliphatic hydroxyl groups excluding tert-OH is 1. The van der Waals surface area contributed by atoms with Crippen LogP contribution in [0.5, 0.6) is 0 Å².